The first-order valence-electron chi connectivity index (χ1n) is 10.4. The molecule has 0 saturated heterocycles. The molecule has 1 aromatic heterocycles. The van der Waals surface area contributed by atoms with Gasteiger partial charge in [0, 0.05) is 0 Å². The van der Waals surface area contributed by atoms with Crippen LogP contribution in [0, 0.1) is 22.7 Å². The van der Waals surface area contributed by atoms with Gasteiger partial charge in [-0.25, -0.2) is 9.67 Å². The number of aromatic nitrogens is 2. The fourth-order valence-corrected chi connectivity index (χ4v) is 6.55. The van der Waals surface area contributed by atoms with E-state index in [0.29, 0.717) is 45.9 Å². The van der Waals surface area contributed by atoms with Gasteiger partial charge in [-0.2, -0.15) is 42.0 Å². The minimum absolute atomic E-state index is 0.0591. The number of aliphatic imine (C=N–C) groups is 1. The first-order chi connectivity index (χ1) is 19.4. The van der Waals surface area contributed by atoms with Gasteiger partial charge in [0.15, 0.2) is 5.69 Å². The van der Waals surface area contributed by atoms with E-state index >= 15 is 0 Å². The summed E-state index contributed by atoms with van der Waals surface area (Å²) in [5.41, 5.74) is 14.2. The minimum atomic E-state index is -4.75. The van der Waals surface area contributed by atoms with Gasteiger partial charge >= 0.3 is 12.4 Å². The SMILES string of the molecule is N#CC(N)=C(SSc1c(C#N)nn(-c2c(Cl)cc(C(F)(F)F)cc2Cl)c1N)C(N)=Nc1c(Cl)cc(C(F)(F)F)cc1Cl. The molecule has 42 heavy (non-hydrogen) atoms. The molecule has 0 bridgehead atoms. The van der Waals surface area contributed by atoms with Crippen molar-refractivity contribution in [2.45, 2.75) is 17.2 Å². The highest BCUT2D eigenvalue weighted by Gasteiger charge is 2.34. The summed E-state index contributed by atoms with van der Waals surface area (Å²) in [6, 6.07) is 5.74. The number of amidine groups is 1. The number of hydrogen-bond acceptors (Lipinski definition) is 8. The number of nitrogens with two attached hydrogens (primary N) is 3. The summed E-state index contributed by atoms with van der Waals surface area (Å²) in [4.78, 5) is 3.64. The van der Waals surface area contributed by atoms with Gasteiger partial charge in [-0.1, -0.05) is 46.4 Å². The molecule has 0 aliphatic carbocycles. The lowest BCUT2D eigenvalue weighted by Gasteiger charge is -2.13. The van der Waals surface area contributed by atoms with Gasteiger partial charge in [0.05, 0.1) is 41.0 Å². The van der Waals surface area contributed by atoms with Crippen molar-refractivity contribution in [3.8, 4) is 17.8 Å². The van der Waals surface area contributed by atoms with E-state index in [1.165, 1.54) is 0 Å². The molecule has 220 valence electrons. The molecule has 0 saturated carbocycles. The number of rotatable bonds is 6. The van der Waals surface area contributed by atoms with Crippen molar-refractivity contribution in [2.24, 2.45) is 16.5 Å². The Morgan fingerprint density at radius 2 is 1.36 bits per heavy atom. The van der Waals surface area contributed by atoms with Crippen molar-refractivity contribution >= 4 is 85.3 Å². The van der Waals surface area contributed by atoms with E-state index in [1.807, 2.05) is 0 Å². The smallest absolute Gasteiger partial charge is 0.389 e. The van der Waals surface area contributed by atoms with E-state index in [2.05, 4.69) is 10.1 Å². The standard InChI is InChI=1S/C22H10Cl4F6N8S2/c23-9-1-7(21(27,28)29)2-10(24)15(9)38-19(36)17(13(35)5-33)41-42-18-14(6-34)39-40(20(18)37)16-11(25)3-8(4-12(16)26)22(30,31)32/h1-4H,35,37H2,(H2,36,38). The van der Waals surface area contributed by atoms with Crippen LogP contribution in [0.25, 0.3) is 5.69 Å². The van der Waals surface area contributed by atoms with Crippen LogP contribution in [0.3, 0.4) is 0 Å². The third-order valence-corrected chi connectivity index (χ3v) is 8.57. The molecular formula is C22H10Cl4F6N8S2. The number of benzene rings is 2. The van der Waals surface area contributed by atoms with E-state index in [1.54, 1.807) is 12.1 Å². The van der Waals surface area contributed by atoms with Crippen LogP contribution in [0.15, 0.2) is 44.8 Å². The molecule has 8 nitrogen and oxygen atoms in total. The predicted molar refractivity (Wildman–Crippen MR) is 151 cm³/mol. The number of anilines is 1. The maximum Gasteiger partial charge on any atom is 0.416 e. The largest absolute Gasteiger partial charge is 0.416 e. The second kappa shape index (κ2) is 12.6. The number of nitriles is 2. The zero-order valence-corrected chi connectivity index (χ0v) is 24.5. The van der Waals surface area contributed by atoms with E-state index in [4.69, 9.17) is 63.6 Å². The molecule has 6 N–H and O–H groups in total. The van der Waals surface area contributed by atoms with Gasteiger partial charge in [0.1, 0.15) is 40.9 Å². The van der Waals surface area contributed by atoms with Gasteiger partial charge < -0.3 is 17.2 Å². The molecule has 0 aliphatic rings. The van der Waals surface area contributed by atoms with Crippen LogP contribution in [0.5, 0.6) is 0 Å². The Bertz CT molecular complexity index is 1680. The second-order valence-corrected chi connectivity index (χ2v) is 11.5. The Labute approximate surface area is 260 Å². The van der Waals surface area contributed by atoms with E-state index < -0.39 is 55.1 Å². The molecule has 3 aromatic rings. The van der Waals surface area contributed by atoms with E-state index in [-0.39, 0.29) is 32.7 Å². The summed E-state index contributed by atoms with van der Waals surface area (Å²) in [5, 5.41) is 20.9. The minimum Gasteiger partial charge on any atom is -0.389 e. The van der Waals surface area contributed by atoms with Crippen LogP contribution in [0.1, 0.15) is 16.8 Å². The van der Waals surface area contributed by atoms with Gasteiger partial charge in [0.2, 0.25) is 0 Å². The number of nitrogens with zero attached hydrogens (tertiary/aromatic N) is 5. The summed E-state index contributed by atoms with van der Waals surface area (Å²) in [6.45, 7) is 0. The fraction of sp³-hybridized carbons (Fsp3) is 0.0909. The summed E-state index contributed by atoms with van der Waals surface area (Å²) in [7, 11) is 1.34. The van der Waals surface area contributed by atoms with Gasteiger partial charge in [-0.3, -0.25) is 0 Å². The molecule has 0 atom stereocenters. The van der Waals surface area contributed by atoms with Crippen molar-refractivity contribution in [3.05, 3.63) is 71.8 Å². The molecule has 1 heterocycles. The summed E-state index contributed by atoms with van der Waals surface area (Å²) >= 11 is 24.0. The molecule has 0 amide bonds. The Morgan fingerprint density at radius 1 is 0.881 bits per heavy atom. The zero-order chi connectivity index (χ0) is 31.7. The van der Waals surface area contributed by atoms with Crippen LogP contribution in [-0.2, 0) is 12.4 Å². The van der Waals surface area contributed by atoms with Crippen molar-refractivity contribution < 1.29 is 26.3 Å². The molecule has 2 aromatic carbocycles. The highest BCUT2D eigenvalue weighted by molar-refractivity contribution is 8.78. The summed E-state index contributed by atoms with van der Waals surface area (Å²) in [5.74, 6) is -0.778. The van der Waals surface area contributed by atoms with E-state index in [0.717, 1.165) is 4.68 Å². The van der Waals surface area contributed by atoms with Crippen molar-refractivity contribution in [1.82, 2.24) is 9.78 Å². The lowest BCUT2D eigenvalue weighted by Crippen LogP contribution is -2.16. The Kier molecular flexibility index (Phi) is 10.0. The fourth-order valence-electron chi connectivity index (χ4n) is 3.04. The number of alkyl halides is 6. The van der Waals surface area contributed by atoms with E-state index in [9.17, 15) is 36.9 Å². The average Bonchev–Trinajstić information content (AvgIpc) is 3.19. The zero-order valence-electron chi connectivity index (χ0n) is 19.9. The first kappa shape index (κ1) is 33.4. The molecule has 20 heteroatoms. The van der Waals surface area contributed by atoms with Crippen molar-refractivity contribution in [3.63, 3.8) is 0 Å². The average molecular weight is 706 g/mol. The third-order valence-electron chi connectivity index (χ3n) is 4.92. The Balaban J connectivity index is 2.03. The first-order valence-corrected chi connectivity index (χ1v) is 14.1. The quantitative estimate of drug-likeness (QED) is 0.0764. The van der Waals surface area contributed by atoms with Crippen LogP contribution >= 0.6 is 68.0 Å². The predicted octanol–water partition coefficient (Wildman–Crippen LogP) is 8.10. The monoisotopic (exact) mass is 704 g/mol. The number of nitrogen functional groups attached to an aromatic ring is 1. The Morgan fingerprint density at radius 3 is 1.79 bits per heavy atom. The summed E-state index contributed by atoms with van der Waals surface area (Å²) in [6.07, 6.45) is -9.50. The second-order valence-electron chi connectivity index (χ2n) is 7.68. The lowest BCUT2D eigenvalue weighted by atomic mass is 10.2. The highest BCUT2D eigenvalue weighted by Crippen LogP contribution is 2.46. The van der Waals surface area contributed by atoms with Crippen LogP contribution in [0.4, 0.5) is 37.8 Å². The van der Waals surface area contributed by atoms with Gasteiger partial charge in [-0.05, 0) is 45.9 Å². The maximum absolute atomic E-state index is 13.1. The third kappa shape index (κ3) is 7.08. The van der Waals surface area contributed by atoms with Crippen LogP contribution in [0.2, 0.25) is 20.1 Å². The lowest BCUT2D eigenvalue weighted by molar-refractivity contribution is -0.138. The molecule has 3 rings (SSSR count). The molecule has 0 fully saturated rings. The van der Waals surface area contributed by atoms with Crippen molar-refractivity contribution in [2.75, 3.05) is 5.73 Å². The normalized spacial score (nSPS) is 13.0. The summed E-state index contributed by atoms with van der Waals surface area (Å²) < 4.78 is 79.4. The van der Waals surface area contributed by atoms with Crippen LogP contribution < -0.4 is 17.2 Å². The molecular weight excluding hydrogens is 696 g/mol. The van der Waals surface area contributed by atoms with Gasteiger partial charge in [0.25, 0.3) is 0 Å². The maximum atomic E-state index is 13.1. The number of allylic oxidation sites excluding steroid dienone is 1. The molecule has 0 radical (unpaired) electrons. The highest BCUT2D eigenvalue weighted by atomic mass is 35.5. The topological polar surface area (TPSA) is 156 Å². The Hall–Kier alpha value is -3.12. The van der Waals surface area contributed by atoms with Gasteiger partial charge in [-0.15, -0.1) is 0 Å². The molecule has 0 spiro atoms. The number of halogens is 10. The van der Waals surface area contributed by atoms with Crippen LogP contribution in [-0.4, -0.2) is 15.6 Å². The molecule has 0 aliphatic heterocycles. The number of hydrogen-bond donors (Lipinski definition) is 3. The molecule has 0 unspecified atom stereocenters. The van der Waals surface area contributed by atoms with Crippen molar-refractivity contribution in [1.29, 1.82) is 10.5 Å².